The summed E-state index contributed by atoms with van der Waals surface area (Å²) in [6.07, 6.45) is 4.98. The third-order valence-corrected chi connectivity index (χ3v) is 11.4. The molecule has 258 valence electrons. The summed E-state index contributed by atoms with van der Waals surface area (Å²) in [5.41, 5.74) is 1.44. The predicted molar refractivity (Wildman–Crippen MR) is 195 cm³/mol. The number of carbonyl (C=O) groups excluding carboxylic acids is 2. The molecule has 0 bridgehead atoms. The second-order valence-corrected chi connectivity index (χ2v) is 15.1. The van der Waals surface area contributed by atoms with Crippen LogP contribution in [0.4, 0.5) is 5.69 Å². The number of nitrogens with one attached hydrogen (secondary N) is 1. The number of anilines is 1. The van der Waals surface area contributed by atoms with E-state index < -0.39 is 28.5 Å². The average molecular weight is 743 g/mol. The Kier molecular flexibility index (Phi) is 12.5. The van der Waals surface area contributed by atoms with Gasteiger partial charge in [0.15, 0.2) is 0 Å². The molecule has 1 aliphatic rings. The number of carbonyl (C=O) groups is 2. The summed E-state index contributed by atoms with van der Waals surface area (Å²) in [6, 6.07) is 25.5. The van der Waals surface area contributed by atoms with Gasteiger partial charge in [-0.1, -0.05) is 96.5 Å². The molecule has 0 spiro atoms. The minimum atomic E-state index is -4.32. The van der Waals surface area contributed by atoms with Crippen molar-refractivity contribution in [3.63, 3.8) is 0 Å². The number of sulfonamides is 1. The quantitative estimate of drug-likeness (QED) is 0.150. The molecule has 1 saturated carbocycles. The first-order chi connectivity index (χ1) is 23.6. The number of hydrogen-bond donors (Lipinski definition) is 1. The molecular formula is C37H38Cl3N3O5S. The second kappa shape index (κ2) is 16.8. The number of rotatable bonds is 13. The molecule has 49 heavy (non-hydrogen) atoms. The number of ether oxygens (including phenoxy) is 1. The van der Waals surface area contributed by atoms with Gasteiger partial charge in [-0.25, -0.2) is 8.42 Å². The Labute approximate surface area is 303 Å². The number of hydrogen-bond acceptors (Lipinski definition) is 5. The van der Waals surface area contributed by atoms with Gasteiger partial charge in [0.05, 0.1) is 17.7 Å². The number of halogens is 3. The van der Waals surface area contributed by atoms with Gasteiger partial charge in [-0.3, -0.25) is 13.9 Å². The van der Waals surface area contributed by atoms with Gasteiger partial charge in [0.25, 0.3) is 10.0 Å². The van der Waals surface area contributed by atoms with Crippen molar-refractivity contribution in [2.45, 2.75) is 62.0 Å². The van der Waals surface area contributed by atoms with E-state index in [1.807, 2.05) is 30.3 Å². The minimum Gasteiger partial charge on any atom is -0.497 e. The summed E-state index contributed by atoms with van der Waals surface area (Å²) in [6.45, 7) is -0.780. The molecule has 1 N–H and O–H groups in total. The molecule has 4 aromatic carbocycles. The molecule has 1 atom stereocenters. The van der Waals surface area contributed by atoms with E-state index in [9.17, 15) is 18.0 Å². The first-order valence-corrected chi connectivity index (χ1v) is 18.6. The molecule has 4 aromatic rings. The fourth-order valence-electron chi connectivity index (χ4n) is 5.99. The van der Waals surface area contributed by atoms with Crippen molar-refractivity contribution in [2.24, 2.45) is 0 Å². The van der Waals surface area contributed by atoms with E-state index >= 15 is 0 Å². The maximum Gasteiger partial charge on any atom is 0.264 e. The molecule has 0 heterocycles. The van der Waals surface area contributed by atoms with Gasteiger partial charge >= 0.3 is 0 Å². The maximum atomic E-state index is 14.7. The van der Waals surface area contributed by atoms with E-state index in [0.29, 0.717) is 21.4 Å². The predicted octanol–water partition coefficient (Wildman–Crippen LogP) is 7.94. The highest BCUT2D eigenvalue weighted by Crippen LogP contribution is 2.30. The highest BCUT2D eigenvalue weighted by Gasteiger charge is 2.36. The van der Waals surface area contributed by atoms with Gasteiger partial charge in [0.2, 0.25) is 11.8 Å². The van der Waals surface area contributed by atoms with Crippen LogP contribution in [0.2, 0.25) is 15.1 Å². The fourth-order valence-corrected chi connectivity index (χ4v) is 8.09. The molecule has 0 aliphatic heterocycles. The largest absolute Gasteiger partial charge is 0.497 e. The second-order valence-electron chi connectivity index (χ2n) is 11.9. The molecule has 0 radical (unpaired) electrons. The zero-order valence-corrected chi connectivity index (χ0v) is 30.1. The Morgan fingerprint density at radius 3 is 2.14 bits per heavy atom. The number of benzene rings is 4. The third kappa shape index (κ3) is 9.28. The van der Waals surface area contributed by atoms with Crippen molar-refractivity contribution in [1.82, 2.24) is 10.2 Å². The Morgan fingerprint density at radius 1 is 0.857 bits per heavy atom. The topological polar surface area (TPSA) is 96.0 Å². The van der Waals surface area contributed by atoms with Crippen LogP contribution in [0.3, 0.4) is 0 Å². The summed E-state index contributed by atoms with van der Waals surface area (Å²) in [5.74, 6) is -0.493. The molecular weight excluding hydrogens is 705 g/mol. The normalized spacial score (nSPS) is 14.1. The number of amides is 2. The molecule has 8 nitrogen and oxygen atoms in total. The molecule has 1 aliphatic carbocycles. The molecule has 0 aromatic heterocycles. The first-order valence-electron chi connectivity index (χ1n) is 16.1. The van der Waals surface area contributed by atoms with E-state index in [4.69, 9.17) is 39.5 Å². The highest BCUT2D eigenvalue weighted by molar-refractivity contribution is 7.92. The number of methoxy groups -OCH3 is 1. The lowest BCUT2D eigenvalue weighted by molar-refractivity contribution is -0.140. The molecule has 1 fully saturated rings. The monoisotopic (exact) mass is 741 g/mol. The van der Waals surface area contributed by atoms with Crippen LogP contribution in [0.5, 0.6) is 5.75 Å². The lowest BCUT2D eigenvalue weighted by Crippen LogP contribution is -2.55. The summed E-state index contributed by atoms with van der Waals surface area (Å²) < 4.78 is 34.8. The summed E-state index contributed by atoms with van der Waals surface area (Å²) >= 11 is 19.6. The maximum absolute atomic E-state index is 14.7. The zero-order chi connectivity index (χ0) is 35.0. The van der Waals surface area contributed by atoms with Gasteiger partial charge in [-0.2, -0.15) is 0 Å². The SMILES string of the molecule is COc1ccc(S(=O)(=O)N(CC(=O)N(Cc2c(Cl)cccc2Cl)[C@@H](Cc2ccccc2)C(=O)NC2CCCCC2)c2cccc(Cl)c2)cc1. The van der Waals surface area contributed by atoms with Gasteiger partial charge in [-0.15, -0.1) is 0 Å². The first kappa shape index (κ1) is 36.5. The van der Waals surface area contributed by atoms with Gasteiger partial charge < -0.3 is 15.0 Å². The van der Waals surface area contributed by atoms with Crippen molar-refractivity contribution in [1.29, 1.82) is 0 Å². The molecule has 5 rings (SSSR count). The minimum absolute atomic E-state index is 0.0289. The summed E-state index contributed by atoms with van der Waals surface area (Å²) in [4.78, 5) is 30.3. The van der Waals surface area contributed by atoms with Crippen molar-refractivity contribution >= 4 is 62.3 Å². The summed E-state index contributed by atoms with van der Waals surface area (Å²) in [7, 11) is -2.84. The Morgan fingerprint density at radius 2 is 1.51 bits per heavy atom. The Hall–Kier alpha value is -3.76. The molecule has 0 saturated heterocycles. The van der Waals surface area contributed by atoms with Gasteiger partial charge in [-0.05, 0) is 73.0 Å². The van der Waals surface area contributed by atoms with Crippen molar-refractivity contribution in [3.8, 4) is 5.75 Å². The van der Waals surface area contributed by atoms with Gasteiger partial charge in [0.1, 0.15) is 18.3 Å². The Bertz CT molecular complexity index is 1830. The van der Waals surface area contributed by atoms with Crippen molar-refractivity contribution in [3.05, 3.63) is 123 Å². The standard InChI is InChI=1S/C37H38Cl3N3O5S/c1-48-30-18-20-31(21-19-30)49(46,47)43(29-15-8-12-27(38)23-29)25-36(44)42(24-32-33(39)16-9-17-34(32)40)35(22-26-10-4-2-5-11-26)37(45)41-28-13-6-3-7-14-28/h2,4-5,8-12,15-21,23,28,35H,3,6-7,13-14,22,24-25H2,1H3,(H,41,45)/t35-/m0/s1. The van der Waals surface area contributed by atoms with E-state index in [1.165, 1.54) is 42.3 Å². The van der Waals surface area contributed by atoms with Crippen LogP contribution in [0.15, 0.2) is 102 Å². The van der Waals surface area contributed by atoms with Gasteiger partial charge in [0, 0.05) is 39.6 Å². The highest BCUT2D eigenvalue weighted by atomic mass is 35.5. The average Bonchev–Trinajstić information content (AvgIpc) is 3.10. The van der Waals surface area contributed by atoms with E-state index in [0.717, 1.165) is 42.0 Å². The lowest BCUT2D eigenvalue weighted by Gasteiger charge is -2.35. The lowest BCUT2D eigenvalue weighted by atomic mass is 9.94. The number of nitrogens with zero attached hydrogens (tertiary/aromatic N) is 2. The van der Waals surface area contributed by atoms with Crippen LogP contribution in [-0.4, -0.2) is 50.9 Å². The van der Waals surface area contributed by atoms with E-state index in [-0.39, 0.29) is 40.5 Å². The van der Waals surface area contributed by atoms with E-state index in [1.54, 1.807) is 36.4 Å². The molecule has 12 heteroatoms. The van der Waals surface area contributed by atoms with Crippen LogP contribution in [0.25, 0.3) is 0 Å². The fraction of sp³-hybridized carbons (Fsp3) is 0.297. The third-order valence-electron chi connectivity index (χ3n) is 8.64. The van der Waals surface area contributed by atoms with Crippen LogP contribution in [-0.2, 0) is 32.6 Å². The van der Waals surface area contributed by atoms with Crippen molar-refractivity contribution < 1.29 is 22.7 Å². The summed E-state index contributed by atoms with van der Waals surface area (Å²) in [5, 5.41) is 4.10. The smallest absolute Gasteiger partial charge is 0.264 e. The van der Waals surface area contributed by atoms with Crippen LogP contribution in [0, 0.1) is 0 Å². The van der Waals surface area contributed by atoms with Crippen molar-refractivity contribution in [2.75, 3.05) is 18.0 Å². The van der Waals surface area contributed by atoms with Crippen LogP contribution < -0.4 is 14.4 Å². The Balaban J connectivity index is 1.59. The van der Waals surface area contributed by atoms with Crippen LogP contribution >= 0.6 is 34.8 Å². The van der Waals surface area contributed by atoms with E-state index in [2.05, 4.69) is 5.32 Å². The van der Waals surface area contributed by atoms with Crippen LogP contribution in [0.1, 0.15) is 43.2 Å². The molecule has 2 amide bonds. The zero-order valence-electron chi connectivity index (χ0n) is 27.0. The molecule has 0 unspecified atom stereocenters.